The predicted octanol–water partition coefficient (Wildman–Crippen LogP) is 0.666. The minimum atomic E-state index is 0.980. The quantitative estimate of drug-likeness (QED) is 0.520. The van der Waals surface area contributed by atoms with Gasteiger partial charge in [0.25, 0.3) is 0 Å². The van der Waals surface area contributed by atoms with E-state index in [0.717, 1.165) is 19.6 Å². The van der Waals surface area contributed by atoms with Gasteiger partial charge >= 0.3 is 0 Å². The van der Waals surface area contributed by atoms with Crippen LogP contribution in [-0.2, 0) is 0 Å². The molecule has 0 heterocycles. The van der Waals surface area contributed by atoms with Gasteiger partial charge in [-0.1, -0.05) is 6.08 Å². The summed E-state index contributed by atoms with van der Waals surface area (Å²) in [4.78, 5) is 4.42. The molecule has 0 amide bonds. The van der Waals surface area contributed by atoms with Crippen molar-refractivity contribution in [3.8, 4) is 0 Å². The van der Waals surface area contributed by atoms with Crippen LogP contribution >= 0.6 is 0 Å². The van der Waals surface area contributed by atoms with Gasteiger partial charge in [0, 0.05) is 19.6 Å². The molecule has 0 atom stereocenters. The first-order chi connectivity index (χ1) is 4.66. The van der Waals surface area contributed by atoms with Gasteiger partial charge in [0.1, 0.15) is 0 Å². The minimum absolute atomic E-state index is 0.980. The predicted molar refractivity (Wildman–Crippen MR) is 46.2 cm³/mol. The first-order valence-electron chi connectivity index (χ1n) is 3.61. The minimum Gasteiger partial charge on any atom is -0.308 e. The molecule has 2 heteroatoms. The van der Waals surface area contributed by atoms with Gasteiger partial charge in [-0.05, 0) is 21.1 Å². The molecule has 0 saturated heterocycles. The monoisotopic (exact) mass is 142 g/mol. The second-order valence-corrected chi connectivity index (χ2v) is 2.85. The first kappa shape index (κ1) is 9.66. The van der Waals surface area contributed by atoms with Crippen molar-refractivity contribution in [1.29, 1.82) is 0 Å². The summed E-state index contributed by atoms with van der Waals surface area (Å²) >= 11 is 0. The van der Waals surface area contributed by atoms with Crippen LogP contribution in [0.2, 0.25) is 0 Å². The van der Waals surface area contributed by atoms with Crippen LogP contribution in [0.4, 0.5) is 0 Å². The van der Waals surface area contributed by atoms with E-state index in [1.807, 2.05) is 6.08 Å². The maximum Gasteiger partial charge on any atom is 0.0158 e. The van der Waals surface area contributed by atoms with E-state index in [1.165, 1.54) is 0 Å². The zero-order valence-electron chi connectivity index (χ0n) is 7.30. The lowest BCUT2D eigenvalue weighted by atomic mass is 10.5. The average Bonchev–Trinajstić information content (AvgIpc) is 1.85. The Balaban J connectivity index is 3.20. The Morgan fingerprint density at radius 1 is 1.20 bits per heavy atom. The highest BCUT2D eigenvalue weighted by molar-refractivity contribution is 4.71. The molecule has 0 aromatic rings. The summed E-state index contributed by atoms with van der Waals surface area (Å²) in [5.74, 6) is 0. The third-order valence-electron chi connectivity index (χ3n) is 1.37. The van der Waals surface area contributed by atoms with E-state index in [-0.39, 0.29) is 0 Å². The fourth-order valence-corrected chi connectivity index (χ4v) is 0.682. The lowest BCUT2D eigenvalue weighted by molar-refractivity contribution is 0.302. The van der Waals surface area contributed by atoms with E-state index in [1.54, 1.807) is 0 Å². The summed E-state index contributed by atoms with van der Waals surface area (Å²) in [7, 11) is 6.27. The second-order valence-electron chi connectivity index (χ2n) is 2.85. The summed E-state index contributed by atoms with van der Waals surface area (Å²) in [5.41, 5.74) is 0. The number of likely N-dealkylation sites (N-methyl/N-ethyl adjacent to an activating group) is 2. The Morgan fingerprint density at radius 2 is 1.80 bits per heavy atom. The lowest BCUT2D eigenvalue weighted by Crippen LogP contribution is -2.28. The average molecular weight is 142 g/mol. The van der Waals surface area contributed by atoms with Crippen molar-refractivity contribution in [1.82, 2.24) is 9.80 Å². The van der Waals surface area contributed by atoms with Gasteiger partial charge < -0.3 is 9.80 Å². The Bertz CT molecular complexity index is 89.3. The molecule has 0 aliphatic rings. The van der Waals surface area contributed by atoms with Gasteiger partial charge in [0.2, 0.25) is 0 Å². The van der Waals surface area contributed by atoms with Crippen molar-refractivity contribution in [3.63, 3.8) is 0 Å². The summed E-state index contributed by atoms with van der Waals surface area (Å²) in [6, 6.07) is 0. The van der Waals surface area contributed by atoms with Crippen LogP contribution in [0.5, 0.6) is 0 Å². The third-order valence-corrected chi connectivity index (χ3v) is 1.37. The highest BCUT2D eigenvalue weighted by Gasteiger charge is 1.94. The molecule has 0 aliphatic heterocycles. The van der Waals surface area contributed by atoms with Gasteiger partial charge in [-0.3, -0.25) is 0 Å². The van der Waals surface area contributed by atoms with Gasteiger partial charge in [-0.2, -0.15) is 0 Å². The molecule has 10 heavy (non-hydrogen) atoms. The van der Waals surface area contributed by atoms with E-state index >= 15 is 0 Å². The number of hydrogen-bond donors (Lipinski definition) is 0. The van der Waals surface area contributed by atoms with Crippen molar-refractivity contribution >= 4 is 0 Å². The molecular weight excluding hydrogens is 124 g/mol. The van der Waals surface area contributed by atoms with Crippen molar-refractivity contribution in [3.05, 3.63) is 12.7 Å². The number of nitrogens with zero attached hydrogens (tertiary/aromatic N) is 2. The van der Waals surface area contributed by atoms with Gasteiger partial charge in [0.15, 0.2) is 0 Å². The maximum absolute atomic E-state index is 3.67. The van der Waals surface area contributed by atoms with E-state index in [0.29, 0.717) is 0 Å². The van der Waals surface area contributed by atoms with Crippen LogP contribution in [0.25, 0.3) is 0 Å². The Morgan fingerprint density at radius 3 is 2.20 bits per heavy atom. The molecule has 60 valence electrons. The van der Waals surface area contributed by atoms with E-state index < -0.39 is 0 Å². The SMILES string of the molecule is C=CCN(C)CCN(C)C. The normalized spacial score (nSPS) is 10.9. The van der Waals surface area contributed by atoms with Crippen molar-refractivity contribution < 1.29 is 0 Å². The standard InChI is InChI=1S/C8H18N2/c1-5-6-10(4)8-7-9(2)3/h5H,1,6-8H2,2-4H3. The van der Waals surface area contributed by atoms with Crippen LogP contribution in [0, 0.1) is 0 Å². The fourth-order valence-electron chi connectivity index (χ4n) is 0.682. The second kappa shape index (κ2) is 5.45. The van der Waals surface area contributed by atoms with E-state index in [9.17, 15) is 0 Å². The number of rotatable bonds is 5. The van der Waals surface area contributed by atoms with Crippen molar-refractivity contribution in [2.75, 3.05) is 40.8 Å². The molecular formula is C8H18N2. The number of hydrogen-bond acceptors (Lipinski definition) is 2. The summed E-state index contributed by atoms with van der Waals surface area (Å²) < 4.78 is 0. The van der Waals surface area contributed by atoms with Crippen molar-refractivity contribution in [2.45, 2.75) is 0 Å². The maximum atomic E-state index is 3.67. The lowest BCUT2D eigenvalue weighted by Gasteiger charge is -2.16. The molecule has 0 unspecified atom stereocenters. The highest BCUT2D eigenvalue weighted by Crippen LogP contribution is 1.82. The van der Waals surface area contributed by atoms with Gasteiger partial charge in [0.05, 0.1) is 0 Å². The molecule has 0 saturated carbocycles. The molecule has 2 nitrogen and oxygen atoms in total. The topological polar surface area (TPSA) is 6.48 Å². The molecule has 0 aliphatic carbocycles. The molecule has 0 radical (unpaired) electrons. The molecule has 0 aromatic heterocycles. The van der Waals surface area contributed by atoms with Crippen LogP contribution in [0.1, 0.15) is 0 Å². The van der Waals surface area contributed by atoms with Crippen LogP contribution in [-0.4, -0.2) is 50.6 Å². The Labute approximate surface area is 64.1 Å². The van der Waals surface area contributed by atoms with Crippen molar-refractivity contribution in [2.24, 2.45) is 0 Å². The van der Waals surface area contributed by atoms with Gasteiger partial charge in [-0.15, -0.1) is 6.58 Å². The highest BCUT2D eigenvalue weighted by atomic mass is 15.1. The van der Waals surface area contributed by atoms with E-state index in [2.05, 4.69) is 37.5 Å². The molecule has 0 fully saturated rings. The molecule has 0 spiro atoms. The summed E-state index contributed by atoms with van der Waals surface area (Å²) in [6.45, 7) is 6.88. The van der Waals surface area contributed by atoms with Crippen LogP contribution in [0.3, 0.4) is 0 Å². The Kier molecular flexibility index (Phi) is 5.26. The third kappa shape index (κ3) is 5.79. The van der Waals surface area contributed by atoms with Gasteiger partial charge in [-0.25, -0.2) is 0 Å². The largest absolute Gasteiger partial charge is 0.308 e. The molecule has 0 aromatic carbocycles. The zero-order valence-corrected chi connectivity index (χ0v) is 7.30. The molecule has 0 rings (SSSR count). The first-order valence-corrected chi connectivity index (χ1v) is 3.61. The Hall–Kier alpha value is -0.340. The fraction of sp³-hybridized carbons (Fsp3) is 0.750. The zero-order chi connectivity index (χ0) is 7.98. The molecule has 0 N–H and O–H groups in total. The van der Waals surface area contributed by atoms with Crippen LogP contribution < -0.4 is 0 Å². The smallest absolute Gasteiger partial charge is 0.0158 e. The molecule has 0 bridgehead atoms. The van der Waals surface area contributed by atoms with E-state index in [4.69, 9.17) is 0 Å². The summed E-state index contributed by atoms with van der Waals surface area (Å²) in [5, 5.41) is 0. The van der Waals surface area contributed by atoms with Crippen LogP contribution in [0.15, 0.2) is 12.7 Å². The summed E-state index contributed by atoms with van der Waals surface area (Å²) in [6.07, 6.45) is 1.93.